The van der Waals surface area contributed by atoms with Gasteiger partial charge in [-0.15, -0.1) is 11.8 Å². The van der Waals surface area contributed by atoms with E-state index in [0.717, 1.165) is 11.3 Å². The highest BCUT2D eigenvalue weighted by atomic mass is 32.2. The molecule has 0 N–H and O–H groups in total. The summed E-state index contributed by atoms with van der Waals surface area (Å²) in [5.74, 6) is 0. The maximum Gasteiger partial charge on any atom is 0.264 e. The lowest BCUT2D eigenvalue weighted by atomic mass is 10.1. The molecule has 22 heavy (non-hydrogen) atoms. The summed E-state index contributed by atoms with van der Waals surface area (Å²) in [7, 11) is -3.52. The largest absolute Gasteiger partial charge is 0.267 e. The number of sulfonamides is 1. The fourth-order valence-electron chi connectivity index (χ4n) is 2.26. The van der Waals surface area contributed by atoms with Gasteiger partial charge in [-0.05, 0) is 61.6 Å². The second-order valence-corrected chi connectivity index (χ2v) is 7.61. The molecule has 0 heterocycles. The second-order valence-electron chi connectivity index (χ2n) is 4.87. The van der Waals surface area contributed by atoms with Gasteiger partial charge < -0.3 is 0 Å². The van der Waals surface area contributed by atoms with Crippen molar-refractivity contribution in [2.24, 2.45) is 0 Å². The van der Waals surface area contributed by atoms with E-state index in [0.29, 0.717) is 17.1 Å². The van der Waals surface area contributed by atoms with Crippen molar-refractivity contribution in [3.05, 3.63) is 54.1 Å². The zero-order chi connectivity index (χ0) is 16.2. The minimum atomic E-state index is -3.52. The first-order valence-electron chi connectivity index (χ1n) is 7.28. The van der Waals surface area contributed by atoms with E-state index in [2.05, 4.69) is 6.92 Å². The summed E-state index contributed by atoms with van der Waals surface area (Å²) < 4.78 is 27.1. The Kier molecular flexibility index (Phi) is 5.53. The second kappa shape index (κ2) is 7.20. The van der Waals surface area contributed by atoms with Gasteiger partial charge in [0.1, 0.15) is 0 Å². The summed E-state index contributed by atoms with van der Waals surface area (Å²) >= 11 is 1.59. The molecule has 0 saturated carbocycles. The molecule has 0 atom stereocenters. The third kappa shape index (κ3) is 3.47. The standard InChI is InChI=1S/C17H21NO2S2/c1-4-14-6-8-15(9-7-14)18(5-2)22(19,20)17-12-10-16(21-3)11-13-17/h6-13H,4-5H2,1-3H3. The predicted octanol–water partition coefficient (Wildman–Crippen LogP) is 4.19. The maximum atomic E-state index is 12.8. The van der Waals surface area contributed by atoms with Crippen LogP contribution in [-0.2, 0) is 16.4 Å². The molecule has 0 bridgehead atoms. The average Bonchev–Trinajstić information content (AvgIpc) is 2.56. The Hall–Kier alpha value is -1.46. The molecule has 0 saturated heterocycles. The molecule has 118 valence electrons. The Morgan fingerprint density at radius 1 is 0.955 bits per heavy atom. The number of hydrogen-bond donors (Lipinski definition) is 0. The number of aryl methyl sites for hydroxylation is 1. The van der Waals surface area contributed by atoms with Gasteiger partial charge in [0.05, 0.1) is 10.6 Å². The molecule has 0 spiro atoms. The highest BCUT2D eigenvalue weighted by molar-refractivity contribution is 7.98. The number of anilines is 1. The van der Waals surface area contributed by atoms with Gasteiger partial charge in [0.15, 0.2) is 0 Å². The molecular weight excluding hydrogens is 314 g/mol. The SMILES string of the molecule is CCc1ccc(N(CC)S(=O)(=O)c2ccc(SC)cc2)cc1. The maximum absolute atomic E-state index is 12.8. The van der Waals surface area contributed by atoms with Gasteiger partial charge in [-0.2, -0.15) is 0 Å². The van der Waals surface area contributed by atoms with E-state index in [4.69, 9.17) is 0 Å². The van der Waals surface area contributed by atoms with Crippen LogP contribution >= 0.6 is 11.8 Å². The number of nitrogens with zero attached hydrogens (tertiary/aromatic N) is 1. The van der Waals surface area contributed by atoms with Crippen molar-refractivity contribution in [1.82, 2.24) is 0 Å². The Morgan fingerprint density at radius 2 is 1.55 bits per heavy atom. The Balaban J connectivity index is 2.38. The van der Waals surface area contributed by atoms with E-state index in [9.17, 15) is 8.42 Å². The van der Waals surface area contributed by atoms with Crippen molar-refractivity contribution in [3.63, 3.8) is 0 Å². The first kappa shape index (κ1) is 16.9. The van der Waals surface area contributed by atoms with Crippen LogP contribution in [0.2, 0.25) is 0 Å². The lowest BCUT2D eigenvalue weighted by Crippen LogP contribution is -2.30. The van der Waals surface area contributed by atoms with Crippen LogP contribution < -0.4 is 4.31 Å². The Labute approximate surface area is 137 Å². The van der Waals surface area contributed by atoms with E-state index in [1.54, 1.807) is 23.9 Å². The fourth-order valence-corrected chi connectivity index (χ4v) is 4.15. The number of benzene rings is 2. The van der Waals surface area contributed by atoms with Crippen molar-refractivity contribution in [2.45, 2.75) is 30.1 Å². The summed E-state index contributed by atoms with van der Waals surface area (Å²) in [6.45, 7) is 4.33. The number of rotatable bonds is 6. The molecule has 0 aromatic heterocycles. The van der Waals surface area contributed by atoms with E-state index in [1.165, 1.54) is 9.87 Å². The van der Waals surface area contributed by atoms with Gasteiger partial charge in [-0.25, -0.2) is 8.42 Å². The molecule has 2 rings (SSSR count). The smallest absolute Gasteiger partial charge is 0.264 e. The van der Waals surface area contributed by atoms with E-state index >= 15 is 0 Å². The minimum Gasteiger partial charge on any atom is -0.267 e. The van der Waals surface area contributed by atoms with Crippen LogP contribution in [0, 0.1) is 0 Å². The van der Waals surface area contributed by atoms with Crippen molar-refractivity contribution in [2.75, 3.05) is 17.1 Å². The Bertz CT molecular complexity index is 707. The van der Waals surface area contributed by atoms with Gasteiger partial charge in [-0.1, -0.05) is 19.1 Å². The zero-order valence-electron chi connectivity index (χ0n) is 13.1. The van der Waals surface area contributed by atoms with Crippen LogP contribution in [-0.4, -0.2) is 21.2 Å². The van der Waals surface area contributed by atoms with Crippen LogP contribution in [0.15, 0.2) is 58.3 Å². The van der Waals surface area contributed by atoms with E-state index in [-0.39, 0.29) is 0 Å². The van der Waals surface area contributed by atoms with Crippen LogP contribution in [0.4, 0.5) is 5.69 Å². The van der Waals surface area contributed by atoms with Gasteiger partial charge in [-0.3, -0.25) is 4.31 Å². The fraction of sp³-hybridized carbons (Fsp3) is 0.294. The van der Waals surface area contributed by atoms with E-state index in [1.807, 2.05) is 49.6 Å². The molecule has 0 aliphatic carbocycles. The highest BCUT2D eigenvalue weighted by Crippen LogP contribution is 2.25. The summed E-state index contributed by atoms with van der Waals surface area (Å²) in [6.07, 6.45) is 2.91. The molecular formula is C17H21NO2S2. The van der Waals surface area contributed by atoms with Crippen LogP contribution in [0.25, 0.3) is 0 Å². The monoisotopic (exact) mass is 335 g/mol. The van der Waals surface area contributed by atoms with Crippen molar-refractivity contribution >= 4 is 27.5 Å². The zero-order valence-corrected chi connectivity index (χ0v) is 14.7. The normalized spacial score (nSPS) is 11.4. The molecule has 2 aromatic carbocycles. The third-order valence-corrected chi connectivity index (χ3v) is 6.23. The lowest BCUT2D eigenvalue weighted by Gasteiger charge is -2.23. The highest BCUT2D eigenvalue weighted by Gasteiger charge is 2.23. The summed E-state index contributed by atoms with van der Waals surface area (Å²) in [5.41, 5.74) is 1.90. The van der Waals surface area contributed by atoms with Gasteiger partial charge in [0.2, 0.25) is 0 Å². The van der Waals surface area contributed by atoms with Crippen molar-refractivity contribution < 1.29 is 8.42 Å². The molecule has 0 aliphatic rings. The average molecular weight is 335 g/mol. The van der Waals surface area contributed by atoms with Crippen LogP contribution in [0.5, 0.6) is 0 Å². The van der Waals surface area contributed by atoms with Crippen LogP contribution in [0.3, 0.4) is 0 Å². The van der Waals surface area contributed by atoms with Crippen molar-refractivity contribution in [1.29, 1.82) is 0 Å². The first-order chi connectivity index (χ1) is 10.5. The predicted molar refractivity (Wildman–Crippen MR) is 94.2 cm³/mol. The molecule has 0 amide bonds. The van der Waals surface area contributed by atoms with Crippen LogP contribution in [0.1, 0.15) is 19.4 Å². The molecule has 5 heteroatoms. The van der Waals surface area contributed by atoms with Gasteiger partial charge in [0.25, 0.3) is 10.0 Å². The van der Waals surface area contributed by atoms with Gasteiger partial charge >= 0.3 is 0 Å². The Morgan fingerprint density at radius 3 is 2.00 bits per heavy atom. The van der Waals surface area contributed by atoms with E-state index < -0.39 is 10.0 Å². The van der Waals surface area contributed by atoms with Crippen molar-refractivity contribution in [3.8, 4) is 0 Å². The summed E-state index contributed by atoms with van der Waals surface area (Å²) in [5, 5.41) is 0. The first-order valence-corrected chi connectivity index (χ1v) is 9.95. The molecule has 0 radical (unpaired) electrons. The molecule has 3 nitrogen and oxygen atoms in total. The summed E-state index contributed by atoms with van der Waals surface area (Å²) in [6, 6.07) is 14.7. The minimum absolute atomic E-state index is 0.326. The quantitative estimate of drug-likeness (QED) is 0.743. The third-order valence-electron chi connectivity index (χ3n) is 3.57. The molecule has 2 aromatic rings. The molecule has 0 fully saturated rings. The molecule has 0 unspecified atom stereocenters. The molecule has 0 aliphatic heterocycles. The number of thioether (sulfide) groups is 1. The number of hydrogen-bond acceptors (Lipinski definition) is 3. The topological polar surface area (TPSA) is 37.4 Å². The summed E-state index contributed by atoms with van der Waals surface area (Å²) in [4.78, 5) is 1.38. The van der Waals surface area contributed by atoms with Gasteiger partial charge in [0, 0.05) is 11.4 Å². The lowest BCUT2D eigenvalue weighted by molar-refractivity contribution is 0.592.